The van der Waals surface area contributed by atoms with Crippen molar-refractivity contribution in [3.8, 4) is 0 Å². The molecule has 1 aliphatic heterocycles. The Bertz CT molecular complexity index is 618. The summed E-state index contributed by atoms with van der Waals surface area (Å²) in [5.74, 6) is -0.230. The van der Waals surface area contributed by atoms with Crippen LogP contribution in [0, 0.1) is 10.1 Å². The fraction of sp³-hybridized carbons (Fsp3) is 0.533. The Morgan fingerprint density at radius 2 is 2.18 bits per heavy atom. The molecule has 1 saturated carbocycles. The molecule has 3 rings (SSSR count). The number of nitrogens with one attached hydrogen (secondary N) is 1. The number of likely N-dealkylation sites (tertiary alicyclic amines) is 1. The van der Waals surface area contributed by atoms with E-state index in [2.05, 4.69) is 17.1 Å². The zero-order valence-electron chi connectivity index (χ0n) is 12.3. The summed E-state index contributed by atoms with van der Waals surface area (Å²) in [6, 6.07) is 5.36. The van der Waals surface area contributed by atoms with E-state index in [1.807, 2.05) is 0 Å². The molecule has 0 aromatic heterocycles. The van der Waals surface area contributed by atoms with E-state index < -0.39 is 4.92 Å². The highest BCUT2D eigenvalue weighted by Gasteiger charge is 2.39. The molecule has 1 aliphatic carbocycles. The van der Waals surface area contributed by atoms with Crippen molar-refractivity contribution in [2.24, 2.45) is 0 Å². The lowest BCUT2D eigenvalue weighted by molar-refractivity contribution is -0.384. The van der Waals surface area contributed by atoms with Crippen LogP contribution in [0.3, 0.4) is 0 Å². The number of nitro groups is 1. The average molecular weight is 324 g/mol. The maximum absolute atomic E-state index is 12.3. The van der Waals surface area contributed by atoms with Crippen LogP contribution >= 0.6 is 11.6 Å². The number of benzene rings is 1. The van der Waals surface area contributed by atoms with Gasteiger partial charge in [-0.15, -0.1) is 0 Å². The summed E-state index contributed by atoms with van der Waals surface area (Å²) in [6.07, 6.45) is 3.44. The first-order valence-electron chi connectivity index (χ1n) is 7.46. The van der Waals surface area contributed by atoms with Gasteiger partial charge in [0.25, 0.3) is 11.6 Å². The van der Waals surface area contributed by atoms with Crippen LogP contribution in [-0.4, -0.2) is 40.4 Å². The maximum Gasteiger partial charge on any atom is 0.287 e. The molecule has 0 spiro atoms. The van der Waals surface area contributed by atoms with Crippen molar-refractivity contribution < 1.29 is 9.72 Å². The molecular formula is C15H18ClN3O3. The molecule has 1 aromatic carbocycles. The fourth-order valence-electron chi connectivity index (χ4n) is 3.14. The molecule has 1 saturated heterocycles. The Kier molecular flexibility index (Phi) is 4.06. The molecule has 2 atom stereocenters. The Morgan fingerprint density at radius 3 is 2.77 bits per heavy atom. The SMILES string of the molecule is CC1CC(NC(=O)c2ccc([N+](=O)[O-])c(Cl)c2)CN1C1CC1. The standard InChI is InChI=1S/C15H18ClN3O3/c1-9-6-11(8-18(9)12-3-4-12)17-15(20)10-2-5-14(19(21)22)13(16)7-10/h2,5,7,9,11-12H,3-4,6,8H2,1H3,(H,17,20). The normalized spacial score (nSPS) is 25.2. The van der Waals surface area contributed by atoms with Crippen molar-refractivity contribution in [3.63, 3.8) is 0 Å². The summed E-state index contributed by atoms with van der Waals surface area (Å²) in [6.45, 7) is 3.06. The number of hydrogen-bond donors (Lipinski definition) is 1. The molecule has 1 aromatic rings. The monoisotopic (exact) mass is 323 g/mol. The van der Waals surface area contributed by atoms with Crippen LogP contribution in [0.2, 0.25) is 5.02 Å². The minimum absolute atomic E-state index is 0.0166. The van der Waals surface area contributed by atoms with Gasteiger partial charge in [-0.05, 0) is 38.3 Å². The van der Waals surface area contributed by atoms with Crippen LogP contribution in [0.4, 0.5) is 5.69 Å². The predicted octanol–water partition coefficient (Wildman–Crippen LogP) is 2.60. The molecule has 7 heteroatoms. The van der Waals surface area contributed by atoms with Crippen LogP contribution in [-0.2, 0) is 0 Å². The third-order valence-corrected chi connectivity index (χ3v) is 4.68. The largest absolute Gasteiger partial charge is 0.348 e. The molecule has 1 N–H and O–H groups in total. The zero-order chi connectivity index (χ0) is 15.9. The minimum atomic E-state index is -0.559. The van der Waals surface area contributed by atoms with Gasteiger partial charge in [0.1, 0.15) is 5.02 Å². The molecule has 1 heterocycles. The molecule has 0 radical (unpaired) electrons. The first-order chi connectivity index (χ1) is 10.5. The van der Waals surface area contributed by atoms with Gasteiger partial charge in [-0.25, -0.2) is 0 Å². The van der Waals surface area contributed by atoms with Crippen LogP contribution < -0.4 is 5.32 Å². The van der Waals surface area contributed by atoms with Crippen molar-refractivity contribution in [1.82, 2.24) is 10.2 Å². The Labute approximate surface area is 133 Å². The Balaban J connectivity index is 1.65. The summed E-state index contributed by atoms with van der Waals surface area (Å²) in [4.78, 5) is 24.9. The van der Waals surface area contributed by atoms with Gasteiger partial charge in [0.05, 0.1) is 4.92 Å². The third-order valence-electron chi connectivity index (χ3n) is 4.38. The van der Waals surface area contributed by atoms with E-state index in [4.69, 9.17) is 11.6 Å². The van der Waals surface area contributed by atoms with Gasteiger partial charge < -0.3 is 5.32 Å². The van der Waals surface area contributed by atoms with E-state index >= 15 is 0 Å². The molecule has 22 heavy (non-hydrogen) atoms. The second kappa shape index (κ2) is 5.85. The maximum atomic E-state index is 12.3. The van der Waals surface area contributed by atoms with Gasteiger partial charge in [0.2, 0.25) is 0 Å². The summed E-state index contributed by atoms with van der Waals surface area (Å²) in [5, 5.41) is 13.7. The van der Waals surface area contributed by atoms with E-state index in [1.54, 1.807) is 0 Å². The fourth-order valence-corrected chi connectivity index (χ4v) is 3.39. The topological polar surface area (TPSA) is 75.5 Å². The van der Waals surface area contributed by atoms with Crippen molar-refractivity contribution >= 4 is 23.2 Å². The minimum Gasteiger partial charge on any atom is -0.348 e. The van der Waals surface area contributed by atoms with Crippen molar-refractivity contribution in [3.05, 3.63) is 38.9 Å². The lowest BCUT2D eigenvalue weighted by atomic mass is 10.1. The average Bonchev–Trinajstić information content (AvgIpc) is 3.22. The second-order valence-electron chi connectivity index (χ2n) is 6.11. The quantitative estimate of drug-likeness (QED) is 0.682. The Morgan fingerprint density at radius 1 is 1.45 bits per heavy atom. The highest BCUT2D eigenvalue weighted by Crippen LogP contribution is 2.33. The van der Waals surface area contributed by atoms with Crippen LogP contribution in [0.1, 0.15) is 36.5 Å². The summed E-state index contributed by atoms with van der Waals surface area (Å²) in [5.41, 5.74) is 0.167. The van der Waals surface area contributed by atoms with E-state index in [0.29, 0.717) is 17.6 Å². The lowest BCUT2D eigenvalue weighted by Gasteiger charge is -2.19. The summed E-state index contributed by atoms with van der Waals surface area (Å²) in [7, 11) is 0. The van der Waals surface area contributed by atoms with Crippen molar-refractivity contribution in [1.29, 1.82) is 0 Å². The smallest absolute Gasteiger partial charge is 0.287 e. The number of halogens is 1. The third kappa shape index (κ3) is 3.08. The van der Waals surface area contributed by atoms with Crippen molar-refractivity contribution in [2.75, 3.05) is 6.54 Å². The number of carbonyl (C=O) groups is 1. The number of hydrogen-bond acceptors (Lipinski definition) is 4. The molecule has 2 aliphatic rings. The molecule has 1 amide bonds. The molecule has 6 nitrogen and oxygen atoms in total. The first kappa shape index (κ1) is 15.2. The Hall–Kier alpha value is -1.66. The molecule has 2 fully saturated rings. The van der Waals surface area contributed by atoms with Gasteiger partial charge >= 0.3 is 0 Å². The summed E-state index contributed by atoms with van der Waals surface area (Å²) < 4.78 is 0. The second-order valence-corrected chi connectivity index (χ2v) is 6.51. The van der Waals surface area contributed by atoms with Crippen LogP contribution in [0.25, 0.3) is 0 Å². The molecule has 118 valence electrons. The number of nitrogens with zero attached hydrogens (tertiary/aromatic N) is 2. The number of amides is 1. The highest BCUT2D eigenvalue weighted by atomic mass is 35.5. The van der Waals surface area contributed by atoms with Gasteiger partial charge in [-0.3, -0.25) is 19.8 Å². The number of nitro benzene ring substituents is 1. The van der Waals surface area contributed by atoms with Gasteiger partial charge in [-0.1, -0.05) is 11.6 Å². The van der Waals surface area contributed by atoms with Gasteiger partial charge in [0, 0.05) is 36.3 Å². The zero-order valence-corrected chi connectivity index (χ0v) is 13.0. The highest BCUT2D eigenvalue weighted by molar-refractivity contribution is 6.33. The lowest BCUT2D eigenvalue weighted by Crippen LogP contribution is -2.37. The molecular weight excluding hydrogens is 306 g/mol. The van der Waals surface area contributed by atoms with Crippen LogP contribution in [0.5, 0.6) is 0 Å². The summed E-state index contributed by atoms with van der Waals surface area (Å²) >= 11 is 5.85. The van der Waals surface area contributed by atoms with Gasteiger partial charge in [-0.2, -0.15) is 0 Å². The first-order valence-corrected chi connectivity index (χ1v) is 7.84. The molecule has 0 bridgehead atoms. The van der Waals surface area contributed by atoms with Crippen molar-refractivity contribution in [2.45, 2.75) is 44.3 Å². The number of carbonyl (C=O) groups excluding carboxylic acids is 1. The molecule has 2 unspecified atom stereocenters. The predicted molar refractivity (Wildman–Crippen MR) is 83.2 cm³/mol. The number of rotatable bonds is 4. The van der Waals surface area contributed by atoms with E-state index in [-0.39, 0.29) is 22.7 Å². The van der Waals surface area contributed by atoms with Gasteiger partial charge in [0.15, 0.2) is 0 Å². The van der Waals surface area contributed by atoms with E-state index in [0.717, 1.165) is 13.0 Å². The van der Waals surface area contributed by atoms with E-state index in [9.17, 15) is 14.9 Å². The van der Waals surface area contributed by atoms with Crippen LogP contribution in [0.15, 0.2) is 18.2 Å². The van der Waals surface area contributed by atoms with E-state index in [1.165, 1.54) is 31.0 Å².